The number of hydrazine groups is 1. The zero-order valence-electron chi connectivity index (χ0n) is 15.3. The zero-order valence-corrected chi connectivity index (χ0v) is 15.3. The lowest BCUT2D eigenvalue weighted by Crippen LogP contribution is -2.62. The van der Waals surface area contributed by atoms with Crippen LogP contribution in [0.1, 0.15) is 26.2 Å². The summed E-state index contributed by atoms with van der Waals surface area (Å²) in [7, 11) is 0. The first-order chi connectivity index (χ1) is 12.5. The fraction of sp³-hybridized carbons (Fsp3) is 0.941. The Kier molecular flexibility index (Phi) is 4.04. The molecule has 5 aliphatic heterocycles. The monoisotopic (exact) mass is 367 g/mol. The Hall–Kier alpha value is -0.840. The van der Waals surface area contributed by atoms with Gasteiger partial charge in [0.25, 0.3) is 0 Å². The van der Waals surface area contributed by atoms with Crippen molar-refractivity contribution in [2.45, 2.75) is 62.4 Å². The van der Waals surface area contributed by atoms with E-state index in [9.17, 15) is 9.18 Å². The molecule has 5 saturated heterocycles. The molecule has 5 fully saturated rings. The Labute approximate surface area is 153 Å². The summed E-state index contributed by atoms with van der Waals surface area (Å²) in [5.74, 6) is -0.296. The Morgan fingerprint density at radius 2 is 2.15 bits per heavy atom. The Morgan fingerprint density at radius 3 is 3.00 bits per heavy atom. The summed E-state index contributed by atoms with van der Waals surface area (Å²) in [6.45, 7) is 5.67. The maximum atomic E-state index is 13.8. The second kappa shape index (κ2) is 6.08. The number of alkyl halides is 1. The highest BCUT2D eigenvalue weighted by molar-refractivity contribution is 5.82. The number of hydrogen-bond acceptors (Lipinski definition) is 7. The van der Waals surface area contributed by atoms with Crippen molar-refractivity contribution in [1.29, 1.82) is 0 Å². The van der Waals surface area contributed by atoms with Crippen LogP contribution < -0.4 is 21.8 Å². The lowest BCUT2D eigenvalue weighted by Gasteiger charge is -2.42. The van der Waals surface area contributed by atoms with Gasteiger partial charge < -0.3 is 16.0 Å². The van der Waals surface area contributed by atoms with Gasteiger partial charge in [0.1, 0.15) is 6.17 Å². The van der Waals surface area contributed by atoms with Gasteiger partial charge in [-0.25, -0.2) is 14.8 Å². The zero-order chi connectivity index (χ0) is 18.1. The van der Waals surface area contributed by atoms with Crippen molar-refractivity contribution in [3.8, 4) is 0 Å². The first-order valence-electron chi connectivity index (χ1n) is 9.97. The van der Waals surface area contributed by atoms with Crippen LogP contribution in [0.5, 0.6) is 0 Å². The van der Waals surface area contributed by atoms with E-state index >= 15 is 0 Å². The van der Waals surface area contributed by atoms with Gasteiger partial charge in [-0.15, -0.1) is 0 Å². The Balaban J connectivity index is 1.45. The molecule has 0 aromatic heterocycles. The van der Waals surface area contributed by atoms with E-state index in [0.29, 0.717) is 6.04 Å². The molecule has 5 N–H and O–H groups in total. The Morgan fingerprint density at radius 1 is 1.31 bits per heavy atom. The molecule has 146 valence electrons. The SMILES string of the molecule is CC12CCCN1C1CCNCC1N2C(=O)C1C(N)NN2CC(F)CNC12. The van der Waals surface area contributed by atoms with Gasteiger partial charge in [-0.1, -0.05) is 0 Å². The van der Waals surface area contributed by atoms with Gasteiger partial charge >= 0.3 is 0 Å². The third-order valence-corrected chi connectivity index (χ3v) is 7.18. The number of nitrogens with one attached hydrogen (secondary N) is 3. The van der Waals surface area contributed by atoms with Crippen molar-refractivity contribution >= 4 is 5.91 Å². The van der Waals surface area contributed by atoms with Crippen molar-refractivity contribution in [1.82, 2.24) is 30.9 Å². The molecule has 5 rings (SSSR count). The number of halogens is 1. The van der Waals surface area contributed by atoms with Crippen molar-refractivity contribution in [2.75, 3.05) is 32.7 Å². The van der Waals surface area contributed by atoms with Gasteiger partial charge in [-0.3, -0.25) is 15.0 Å². The number of nitrogens with zero attached hydrogens (tertiary/aromatic N) is 3. The molecule has 0 aliphatic carbocycles. The molecule has 26 heavy (non-hydrogen) atoms. The topological polar surface area (TPSA) is 88.9 Å². The average molecular weight is 367 g/mol. The van der Waals surface area contributed by atoms with Crippen LogP contribution >= 0.6 is 0 Å². The Bertz CT molecular complexity index is 593. The van der Waals surface area contributed by atoms with Crippen LogP contribution in [0.4, 0.5) is 4.39 Å². The van der Waals surface area contributed by atoms with E-state index in [1.54, 1.807) is 5.01 Å². The molecule has 8 nitrogen and oxygen atoms in total. The van der Waals surface area contributed by atoms with Gasteiger partial charge in [0.2, 0.25) is 5.91 Å². The number of nitrogens with two attached hydrogens (primary N) is 1. The maximum Gasteiger partial charge on any atom is 0.233 e. The molecular formula is C17H30FN7O. The van der Waals surface area contributed by atoms with Crippen LogP contribution in [-0.4, -0.2) is 89.7 Å². The van der Waals surface area contributed by atoms with Crippen molar-refractivity contribution in [3.05, 3.63) is 0 Å². The molecule has 9 heteroatoms. The minimum atomic E-state index is -0.943. The summed E-state index contributed by atoms with van der Waals surface area (Å²) in [6, 6.07) is 0.629. The number of hydrogen-bond donors (Lipinski definition) is 4. The van der Waals surface area contributed by atoms with E-state index in [0.717, 1.165) is 38.9 Å². The summed E-state index contributed by atoms with van der Waals surface area (Å²) in [6.07, 6.45) is 1.55. The van der Waals surface area contributed by atoms with Gasteiger partial charge in [0, 0.05) is 32.2 Å². The van der Waals surface area contributed by atoms with E-state index in [1.807, 2.05) is 0 Å². The maximum absolute atomic E-state index is 13.8. The lowest BCUT2D eigenvalue weighted by atomic mass is 9.95. The van der Waals surface area contributed by atoms with Crippen LogP contribution in [0, 0.1) is 5.92 Å². The number of piperidine rings is 1. The summed E-state index contributed by atoms with van der Waals surface area (Å²) in [5, 5.41) is 8.44. The second-order valence-electron chi connectivity index (χ2n) is 8.63. The van der Waals surface area contributed by atoms with Crippen LogP contribution in [0.3, 0.4) is 0 Å². The van der Waals surface area contributed by atoms with E-state index in [2.05, 4.69) is 32.8 Å². The largest absolute Gasteiger partial charge is 0.318 e. The van der Waals surface area contributed by atoms with Gasteiger partial charge in [0.05, 0.1) is 30.0 Å². The van der Waals surface area contributed by atoms with Crippen LogP contribution in [0.2, 0.25) is 0 Å². The fourth-order valence-corrected chi connectivity index (χ4v) is 6.09. The molecule has 1 amide bonds. The average Bonchev–Trinajstić information content (AvgIpc) is 3.21. The third kappa shape index (κ3) is 2.31. The summed E-state index contributed by atoms with van der Waals surface area (Å²) in [4.78, 5) is 18.5. The number of amides is 1. The molecule has 0 saturated carbocycles. The van der Waals surface area contributed by atoms with Crippen LogP contribution in [-0.2, 0) is 4.79 Å². The minimum absolute atomic E-state index is 0.105. The molecule has 7 atom stereocenters. The highest BCUT2D eigenvalue weighted by Gasteiger charge is 2.61. The second-order valence-corrected chi connectivity index (χ2v) is 8.63. The predicted octanol–water partition coefficient (Wildman–Crippen LogP) is -1.64. The summed E-state index contributed by atoms with van der Waals surface area (Å²) in [5.41, 5.74) is 9.21. The van der Waals surface area contributed by atoms with E-state index in [-0.39, 0.29) is 36.9 Å². The van der Waals surface area contributed by atoms with Crippen LogP contribution in [0.25, 0.3) is 0 Å². The molecule has 0 spiro atoms. The molecule has 0 bridgehead atoms. The molecule has 5 heterocycles. The third-order valence-electron chi connectivity index (χ3n) is 7.18. The molecule has 0 radical (unpaired) electrons. The van der Waals surface area contributed by atoms with Gasteiger partial charge in [0.15, 0.2) is 0 Å². The minimum Gasteiger partial charge on any atom is -0.318 e. The first kappa shape index (κ1) is 17.3. The van der Waals surface area contributed by atoms with Crippen molar-refractivity contribution in [2.24, 2.45) is 11.7 Å². The van der Waals surface area contributed by atoms with Crippen LogP contribution in [0.15, 0.2) is 0 Å². The fourth-order valence-electron chi connectivity index (χ4n) is 6.09. The molecule has 0 aromatic rings. The van der Waals surface area contributed by atoms with Gasteiger partial charge in [-0.2, -0.15) is 0 Å². The number of fused-ring (bicyclic) bond motifs is 4. The number of carbonyl (C=O) groups excluding carboxylic acids is 1. The quantitative estimate of drug-likeness (QED) is 0.442. The predicted molar refractivity (Wildman–Crippen MR) is 94.2 cm³/mol. The molecular weight excluding hydrogens is 337 g/mol. The van der Waals surface area contributed by atoms with Crippen molar-refractivity contribution in [3.63, 3.8) is 0 Å². The highest BCUT2D eigenvalue weighted by Crippen LogP contribution is 2.46. The molecule has 0 aromatic carbocycles. The summed E-state index contributed by atoms with van der Waals surface area (Å²) >= 11 is 0. The normalized spacial score (nSPS) is 49.1. The smallest absolute Gasteiger partial charge is 0.233 e. The first-order valence-corrected chi connectivity index (χ1v) is 9.97. The van der Waals surface area contributed by atoms with Crippen molar-refractivity contribution < 1.29 is 9.18 Å². The summed E-state index contributed by atoms with van der Waals surface area (Å²) < 4.78 is 13.7. The van der Waals surface area contributed by atoms with Gasteiger partial charge in [-0.05, 0) is 32.7 Å². The lowest BCUT2D eigenvalue weighted by molar-refractivity contribution is -0.146. The van der Waals surface area contributed by atoms with E-state index < -0.39 is 18.3 Å². The molecule has 7 unspecified atom stereocenters. The number of carbonyl (C=O) groups is 1. The highest BCUT2D eigenvalue weighted by atomic mass is 19.1. The van der Waals surface area contributed by atoms with E-state index in [1.165, 1.54) is 0 Å². The standard InChI is InChI=1S/C17H30FN7O/c1-17-4-2-6-23(17)11-3-5-20-8-12(11)25(17)16(26)13-14(19)22-24-9-10(18)7-21-15(13)24/h10-15,20-22H,2-9,19H2,1H3. The van der Waals surface area contributed by atoms with E-state index in [4.69, 9.17) is 5.73 Å². The number of rotatable bonds is 1. The molecule has 5 aliphatic rings.